The van der Waals surface area contributed by atoms with E-state index in [0.717, 1.165) is 30.3 Å². The largest absolute Gasteiger partial charge is 0.507 e. The standard InChI is InChI=1S/C21H23N5O3/c1-13-6-7-15(17(27)10-13)20-19-16(5-2-8-22-19)21(25-24-20)23-14-4-3-9-26(11-14)12-18(28)29/h2,5-8,10,14,27H,3-4,9,11-12H2,1H3,(H,23,25)(H,28,29). The molecule has 3 heterocycles. The highest BCUT2D eigenvalue weighted by atomic mass is 16.4. The fourth-order valence-electron chi connectivity index (χ4n) is 3.82. The summed E-state index contributed by atoms with van der Waals surface area (Å²) in [5, 5.41) is 32.4. The summed E-state index contributed by atoms with van der Waals surface area (Å²) in [6.45, 7) is 3.37. The molecule has 8 heteroatoms. The van der Waals surface area contributed by atoms with Crippen molar-refractivity contribution in [3.05, 3.63) is 42.1 Å². The average Bonchev–Trinajstić information content (AvgIpc) is 2.69. The number of hydrogen-bond acceptors (Lipinski definition) is 7. The van der Waals surface area contributed by atoms with Crippen LogP contribution < -0.4 is 5.32 Å². The van der Waals surface area contributed by atoms with Gasteiger partial charge in [-0.05, 0) is 56.1 Å². The summed E-state index contributed by atoms with van der Waals surface area (Å²) in [6, 6.07) is 9.27. The number of carboxylic acid groups (broad SMARTS) is 1. The van der Waals surface area contributed by atoms with Crippen molar-refractivity contribution in [2.24, 2.45) is 0 Å². The first-order valence-corrected chi connectivity index (χ1v) is 9.63. The highest BCUT2D eigenvalue weighted by molar-refractivity contribution is 5.98. The molecule has 0 radical (unpaired) electrons. The normalized spacial score (nSPS) is 17.3. The number of aromatic nitrogens is 3. The predicted octanol–water partition coefficient (Wildman–Crippen LogP) is 2.67. The third kappa shape index (κ3) is 4.12. The maximum atomic E-state index is 11.0. The average molecular weight is 393 g/mol. The zero-order valence-electron chi connectivity index (χ0n) is 16.2. The highest BCUT2D eigenvalue weighted by Gasteiger charge is 2.23. The fourth-order valence-corrected chi connectivity index (χ4v) is 3.82. The van der Waals surface area contributed by atoms with Crippen LogP contribution in [-0.2, 0) is 4.79 Å². The Labute approximate surface area is 168 Å². The molecule has 29 heavy (non-hydrogen) atoms. The number of aliphatic carboxylic acids is 1. The molecule has 8 nitrogen and oxygen atoms in total. The van der Waals surface area contributed by atoms with E-state index in [0.29, 0.717) is 29.1 Å². The van der Waals surface area contributed by atoms with Gasteiger partial charge in [0.25, 0.3) is 0 Å². The van der Waals surface area contributed by atoms with Gasteiger partial charge in [0.2, 0.25) is 0 Å². The lowest BCUT2D eigenvalue weighted by Crippen LogP contribution is -2.44. The maximum Gasteiger partial charge on any atom is 0.317 e. The number of rotatable bonds is 5. The topological polar surface area (TPSA) is 111 Å². The first-order valence-electron chi connectivity index (χ1n) is 9.63. The summed E-state index contributed by atoms with van der Waals surface area (Å²) in [7, 11) is 0. The molecule has 3 aromatic rings. The van der Waals surface area contributed by atoms with Gasteiger partial charge in [-0.15, -0.1) is 10.2 Å². The molecule has 1 aromatic carbocycles. The van der Waals surface area contributed by atoms with Gasteiger partial charge in [0, 0.05) is 29.7 Å². The van der Waals surface area contributed by atoms with Crippen LogP contribution in [0.15, 0.2) is 36.5 Å². The van der Waals surface area contributed by atoms with Gasteiger partial charge in [-0.1, -0.05) is 6.07 Å². The zero-order valence-corrected chi connectivity index (χ0v) is 16.2. The molecule has 4 rings (SSSR count). The molecule has 1 atom stereocenters. The van der Waals surface area contributed by atoms with Crippen LogP contribution in [0.4, 0.5) is 5.82 Å². The third-order valence-corrected chi connectivity index (χ3v) is 5.15. The Hall–Kier alpha value is -3.26. The van der Waals surface area contributed by atoms with Crippen LogP contribution in [0, 0.1) is 6.92 Å². The molecule has 1 fully saturated rings. The van der Waals surface area contributed by atoms with Crippen molar-refractivity contribution in [1.29, 1.82) is 0 Å². The fraction of sp³-hybridized carbons (Fsp3) is 0.333. The van der Waals surface area contributed by atoms with E-state index < -0.39 is 5.97 Å². The van der Waals surface area contributed by atoms with Crippen molar-refractivity contribution in [2.45, 2.75) is 25.8 Å². The molecule has 2 aromatic heterocycles. The molecule has 0 amide bonds. The Bertz CT molecular complexity index is 1060. The number of phenols is 1. The molecule has 1 saturated heterocycles. The smallest absolute Gasteiger partial charge is 0.317 e. The number of carboxylic acids is 1. The van der Waals surface area contributed by atoms with Gasteiger partial charge in [-0.25, -0.2) is 0 Å². The van der Waals surface area contributed by atoms with Crippen LogP contribution in [0.1, 0.15) is 18.4 Å². The van der Waals surface area contributed by atoms with Crippen LogP contribution in [0.25, 0.3) is 22.2 Å². The van der Waals surface area contributed by atoms with Crippen molar-refractivity contribution in [2.75, 3.05) is 25.0 Å². The van der Waals surface area contributed by atoms with Crippen LogP contribution in [0.2, 0.25) is 0 Å². The number of piperidine rings is 1. The zero-order chi connectivity index (χ0) is 20.4. The Balaban J connectivity index is 1.66. The van der Waals surface area contributed by atoms with Crippen molar-refractivity contribution in [1.82, 2.24) is 20.1 Å². The molecule has 0 spiro atoms. The first-order chi connectivity index (χ1) is 14.0. The van der Waals surface area contributed by atoms with Crippen LogP contribution in [0.3, 0.4) is 0 Å². The lowest BCUT2D eigenvalue weighted by atomic mass is 10.0. The number of anilines is 1. The Morgan fingerprint density at radius 1 is 1.31 bits per heavy atom. The van der Waals surface area contributed by atoms with E-state index >= 15 is 0 Å². The van der Waals surface area contributed by atoms with Crippen LogP contribution in [-0.4, -0.2) is 61.9 Å². The molecule has 3 N–H and O–H groups in total. The molecule has 150 valence electrons. The van der Waals surface area contributed by atoms with E-state index in [9.17, 15) is 9.90 Å². The van der Waals surface area contributed by atoms with E-state index in [1.54, 1.807) is 12.3 Å². The number of fused-ring (bicyclic) bond motifs is 1. The lowest BCUT2D eigenvalue weighted by molar-refractivity contribution is -0.138. The monoisotopic (exact) mass is 393 g/mol. The van der Waals surface area contributed by atoms with Gasteiger partial charge in [0.05, 0.1) is 6.54 Å². The second-order valence-electron chi connectivity index (χ2n) is 7.43. The number of carbonyl (C=O) groups is 1. The highest BCUT2D eigenvalue weighted by Crippen LogP contribution is 2.34. The van der Waals surface area contributed by atoms with Crippen LogP contribution >= 0.6 is 0 Å². The van der Waals surface area contributed by atoms with E-state index in [4.69, 9.17) is 5.11 Å². The third-order valence-electron chi connectivity index (χ3n) is 5.15. The molecule has 1 aliphatic rings. The van der Waals surface area contributed by atoms with E-state index in [-0.39, 0.29) is 18.3 Å². The van der Waals surface area contributed by atoms with Gasteiger partial charge in [-0.2, -0.15) is 0 Å². The predicted molar refractivity (Wildman–Crippen MR) is 110 cm³/mol. The molecule has 1 aliphatic heterocycles. The molecule has 0 bridgehead atoms. The summed E-state index contributed by atoms with van der Waals surface area (Å²) >= 11 is 0. The number of nitrogens with one attached hydrogen (secondary N) is 1. The minimum atomic E-state index is -0.817. The van der Waals surface area contributed by atoms with Gasteiger partial charge in [-0.3, -0.25) is 14.7 Å². The van der Waals surface area contributed by atoms with Crippen molar-refractivity contribution in [3.63, 3.8) is 0 Å². The number of nitrogens with zero attached hydrogens (tertiary/aromatic N) is 4. The van der Waals surface area contributed by atoms with Gasteiger partial charge in [0.1, 0.15) is 17.0 Å². The molecule has 1 unspecified atom stereocenters. The molecule has 0 saturated carbocycles. The first kappa shape index (κ1) is 19.1. The Morgan fingerprint density at radius 3 is 2.97 bits per heavy atom. The molecule has 0 aliphatic carbocycles. The van der Waals surface area contributed by atoms with Gasteiger partial charge in [0.15, 0.2) is 5.82 Å². The number of benzene rings is 1. The summed E-state index contributed by atoms with van der Waals surface area (Å²) in [5.41, 5.74) is 2.73. The van der Waals surface area contributed by atoms with Crippen molar-refractivity contribution in [3.8, 4) is 17.0 Å². The van der Waals surface area contributed by atoms with Crippen LogP contribution in [0.5, 0.6) is 5.75 Å². The van der Waals surface area contributed by atoms with Gasteiger partial charge < -0.3 is 15.5 Å². The van der Waals surface area contributed by atoms with E-state index in [1.807, 2.05) is 36.1 Å². The minimum Gasteiger partial charge on any atom is -0.507 e. The summed E-state index contributed by atoms with van der Waals surface area (Å²) in [5.74, 6) is -0.0588. The number of aryl methyl sites for hydroxylation is 1. The number of pyridine rings is 1. The quantitative estimate of drug-likeness (QED) is 0.607. The van der Waals surface area contributed by atoms with Crippen molar-refractivity contribution < 1.29 is 15.0 Å². The van der Waals surface area contributed by atoms with E-state index in [2.05, 4.69) is 20.5 Å². The summed E-state index contributed by atoms with van der Waals surface area (Å²) < 4.78 is 0. The van der Waals surface area contributed by atoms with Crippen molar-refractivity contribution >= 4 is 22.7 Å². The number of hydrogen-bond donors (Lipinski definition) is 3. The second kappa shape index (κ2) is 8.00. The molecular weight excluding hydrogens is 370 g/mol. The summed E-state index contributed by atoms with van der Waals surface area (Å²) in [4.78, 5) is 17.4. The number of likely N-dealkylation sites (tertiary alicyclic amines) is 1. The maximum absolute atomic E-state index is 11.0. The van der Waals surface area contributed by atoms with Gasteiger partial charge >= 0.3 is 5.97 Å². The lowest BCUT2D eigenvalue weighted by Gasteiger charge is -2.32. The Morgan fingerprint density at radius 2 is 2.17 bits per heavy atom. The molecular formula is C21H23N5O3. The van der Waals surface area contributed by atoms with E-state index in [1.165, 1.54) is 0 Å². The number of aromatic hydroxyl groups is 1. The SMILES string of the molecule is Cc1ccc(-c2nnc(NC3CCCN(CC(=O)O)C3)c3cccnc23)c(O)c1. The minimum absolute atomic E-state index is 0.0395. The summed E-state index contributed by atoms with van der Waals surface area (Å²) in [6.07, 6.45) is 3.54. The second-order valence-corrected chi connectivity index (χ2v) is 7.43. The Kier molecular flexibility index (Phi) is 5.26. The number of phenolic OH excluding ortho intramolecular Hbond substituents is 1.